The molecule has 2 aromatic rings. The molecule has 0 fully saturated rings. The topological polar surface area (TPSA) is 102 Å². The fraction of sp³-hybridized carbons (Fsp3) is 0.207. The minimum atomic E-state index is -0.809. The van der Waals surface area contributed by atoms with E-state index in [9.17, 15) is 19.5 Å². The molecule has 1 aliphatic heterocycles. The second-order valence-electron chi connectivity index (χ2n) is 8.66. The standard InChI is InChI=1S/C29H32N4O4/c1-5-11-20(12-6-2)18-30-24-17-25(29(37)33(28(24)36)19-21-13-8-7-9-14-21)31-23-16-10-15-22(26(23)34)27(35)32(3)4/h5-17,24,30-31,34H,1,18-19H2,2-4H3/b12-6-,20-11+. The van der Waals surface area contributed by atoms with Crippen molar-refractivity contribution in [1.29, 1.82) is 0 Å². The van der Waals surface area contributed by atoms with Crippen LogP contribution in [0.5, 0.6) is 5.75 Å². The van der Waals surface area contributed by atoms with Gasteiger partial charge in [-0.15, -0.1) is 0 Å². The van der Waals surface area contributed by atoms with Gasteiger partial charge in [0.05, 0.1) is 17.8 Å². The smallest absolute Gasteiger partial charge is 0.276 e. The van der Waals surface area contributed by atoms with Crippen LogP contribution in [0.15, 0.2) is 96.8 Å². The number of carbonyl (C=O) groups is 3. The lowest BCUT2D eigenvalue weighted by Crippen LogP contribution is -2.53. The molecule has 37 heavy (non-hydrogen) atoms. The molecule has 0 spiro atoms. The van der Waals surface area contributed by atoms with Gasteiger partial charge in [0.25, 0.3) is 17.7 Å². The number of para-hydroxylation sites is 1. The van der Waals surface area contributed by atoms with Gasteiger partial charge in [0.15, 0.2) is 5.75 Å². The molecular weight excluding hydrogens is 468 g/mol. The minimum Gasteiger partial charge on any atom is -0.505 e. The van der Waals surface area contributed by atoms with Gasteiger partial charge in [0.2, 0.25) is 0 Å². The van der Waals surface area contributed by atoms with Crippen LogP contribution in [0.2, 0.25) is 0 Å². The van der Waals surface area contributed by atoms with Crippen LogP contribution in [0.25, 0.3) is 0 Å². The molecule has 0 aromatic heterocycles. The minimum absolute atomic E-state index is 0.0884. The number of phenolic OH excluding ortho intramolecular Hbond substituents is 1. The van der Waals surface area contributed by atoms with Crippen LogP contribution in [0.3, 0.4) is 0 Å². The van der Waals surface area contributed by atoms with Crippen molar-refractivity contribution in [2.75, 3.05) is 26.0 Å². The fourth-order valence-corrected chi connectivity index (χ4v) is 3.85. The first-order valence-electron chi connectivity index (χ1n) is 11.9. The number of hydrogen-bond acceptors (Lipinski definition) is 6. The summed E-state index contributed by atoms with van der Waals surface area (Å²) in [5.74, 6) is -1.59. The third-order valence-electron chi connectivity index (χ3n) is 5.71. The van der Waals surface area contributed by atoms with Gasteiger partial charge >= 0.3 is 0 Å². The second-order valence-corrected chi connectivity index (χ2v) is 8.66. The number of benzene rings is 2. The highest BCUT2D eigenvalue weighted by Crippen LogP contribution is 2.30. The summed E-state index contributed by atoms with van der Waals surface area (Å²) >= 11 is 0. The van der Waals surface area contributed by atoms with Crippen LogP contribution in [0, 0.1) is 0 Å². The highest BCUT2D eigenvalue weighted by atomic mass is 16.3. The zero-order valence-corrected chi connectivity index (χ0v) is 21.3. The predicted octanol–water partition coefficient (Wildman–Crippen LogP) is 3.61. The number of anilines is 1. The maximum Gasteiger partial charge on any atom is 0.276 e. The molecule has 3 rings (SSSR count). The summed E-state index contributed by atoms with van der Waals surface area (Å²) in [5.41, 5.74) is 2.09. The molecule has 1 atom stereocenters. The summed E-state index contributed by atoms with van der Waals surface area (Å²) in [4.78, 5) is 41.8. The predicted molar refractivity (Wildman–Crippen MR) is 145 cm³/mol. The van der Waals surface area contributed by atoms with E-state index in [1.807, 2.05) is 55.5 Å². The van der Waals surface area contributed by atoms with Crippen molar-refractivity contribution in [3.05, 3.63) is 108 Å². The Morgan fingerprint density at radius 3 is 2.51 bits per heavy atom. The van der Waals surface area contributed by atoms with Gasteiger partial charge in [-0.3, -0.25) is 24.6 Å². The molecule has 1 unspecified atom stereocenters. The van der Waals surface area contributed by atoms with Gasteiger partial charge in [-0.2, -0.15) is 0 Å². The number of phenols is 1. The van der Waals surface area contributed by atoms with Crippen molar-refractivity contribution < 1.29 is 19.5 Å². The van der Waals surface area contributed by atoms with E-state index in [0.717, 1.165) is 11.1 Å². The zero-order chi connectivity index (χ0) is 26.9. The average Bonchev–Trinajstić information content (AvgIpc) is 2.88. The Morgan fingerprint density at radius 2 is 1.86 bits per heavy atom. The maximum absolute atomic E-state index is 13.4. The lowest BCUT2D eigenvalue weighted by atomic mass is 10.1. The normalized spacial score (nSPS) is 16.1. The first-order chi connectivity index (χ1) is 17.8. The summed E-state index contributed by atoms with van der Waals surface area (Å²) in [6.07, 6.45) is 8.80. The van der Waals surface area contributed by atoms with E-state index in [0.29, 0.717) is 6.54 Å². The number of aromatic hydroxyl groups is 1. The largest absolute Gasteiger partial charge is 0.505 e. The number of allylic oxidation sites excluding steroid dienone is 3. The van der Waals surface area contributed by atoms with Gasteiger partial charge < -0.3 is 15.3 Å². The summed E-state index contributed by atoms with van der Waals surface area (Å²) in [6, 6.07) is 13.1. The molecule has 0 bridgehead atoms. The van der Waals surface area contributed by atoms with Gasteiger partial charge in [-0.05, 0) is 36.3 Å². The van der Waals surface area contributed by atoms with Crippen molar-refractivity contribution >= 4 is 23.4 Å². The van der Waals surface area contributed by atoms with E-state index >= 15 is 0 Å². The van der Waals surface area contributed by atoms with Gasteiger partial charge in [-0.1, -0.05) is 67.3 Å². The van der Waals surface area contributed by atoms with E-state index in [4.69, 9.17) is 0 Å². The summed E-state index contributed by atoms with van der Waals surface area (Å²) in [7, 11) is 3.17. The summed E-state index contributed by atoms with van der Waals surface area (Å²) in [6.45, 7) is 6.07. The second kappa shape index (κ2) is 12.5. The molecule has 192 valence electrons. The molecule has 1 aliphatic rings. The molecule has 3 amide bonds. The fourth-order valence-electron chi connectivity index (χ4n) is 3.85. The number of imide groups is 1. The molecular formula is C29H32N4O4. The molecule has 3 N–H and O–H groups in total. The number of nitrogens with zero attached hydrogens (tertiary/aromatic N) is 2. The Morgan fingerprint density at radius 1 is 1.14 bits per heavy atom. The van der Waals surface area contributed by atoms with E-state index in [1.54, 1.807) is 32.3 Å². The SMILES string of the molecule is C=C/C=C(\C=C/C)CNC1C=C(Nc2cccc(C(=O)N(C)C)c2O)C(=O)N(Cc2ccccc2)C1=O. The van der Waals surface area contributed by atoms with Crippen molar-refractivity contribution in [1.82, 2.24) is 15.1 Å². The monoisotopic (exact) mass is 500 g/mol. The molecule has 8 heteroatoms. The number of amides is 3. The number of rotatable bonds is 10. The number of nitrogens with one attached hydrogen (secondary N) is 2. The Balaban J connectivity index is 1.96. The van der Waals surface area contributed by atoms with E-state index in [-0.39, 0.29) is 35.1 Å². The summed E-state index contributed by atoms with van der Waals surface area (Å²) < 4.78 is 0. The van der Waals surface area contributed by atoms with E-state index < -0.39 is 17.9 Å². The Hall–Kier alpha value is -4.43. The Labute approximate surface area is 217 Å². The maximum atomic E-state index is 13.4. The Bertz CT molecular complexity index is 1260. The lowest BCUT2D eigenvalue weighted by Gasteiger charge is -2.31. The van der Waals surface area contributed by atoms with Crippen LogP contribution in [0.1, 0.15) is 22.8 Å². The van der Waals surface area contributed by atoms with Crippen LogP contribution < -0.4 is 10.6 Å². The first-order valence-corrected chi connectivity index (χ1v) is 11.9. The molecule has 2 aromatic carbocycles. The number of carbonyl (C=O) groups excluding carboxylic acids is 3. The molecule has 8 nitrogen and oxygen atoms in total. The van der Waals surface area contributed by atoms with Gasteiger partial charge in [0.1, 0.15) is 11.7 Å². The van der Waals surface area contributed by atoms with Crippen molar-refractivity contribution in [3.63, 3.8) is 0 Å². The molecule has 0 radical (unpaired) electrons. The number of hydrogen-bond donors (Lipinski definition) is 3. The van der Waals surface area contributed by atoms with Gasteiger partial charge in [-0.25, -0.2) is 0 Å². The lowest BCUT2D eigenvalue weighted by molar-refractivity contribution is -0.145. The Kier molecular flexibility index (Phi) is 9.18. The van der Waals surface area contributed by atoms with Crippen LogP contribution in [-0.4, -0.2) is 59.3 Å². The van der Waals surface area contributed by atoms with Crippen molar-refractivity contribution in [2.24, 2.45) is 0 Å². The first kappa shape index (κ1) is 27.2. The highest BCUT2D eigenvalue weighted by Gasteiger charge is 2.35. The van der Waals surface area contributed by atoms with Crippen molar-refractivity contribution in [3.8, 4) is 5.75 Å². The average molecular weight is 501 g/mol. The van der Waals surface area contributed by atoms with Gasteiger partial charge in [0, 0.05) is 20.6 Å². The highest BCUT2D eigenvalue weighted by molar-refractivity contribution is 6.11. The van der Waals surface area contributed by atoms with Crippen LogP contribution >= 0.6 is 0 Å². The van der Waals surface area contributed by atoms with Crippen molar-refractivity contribution in [2.45, 2.75) is 19.5 Å². The third-order valence-corrected chi connectivity index (χ3v) is 5.71. The molecule has 0 aliphatic carbocycles. The molecule has 0 saturated heterocycles. The van der Waals surface area contributed by atoms with Crippen LogP contribution in [-0.2, 0) is 16.1 Å². The van der Waals surface area contributed by atoms with E-state index in [2.05, 4.69) is 17.2 Å². The quantitative estimate of drug-likeness (QED) is 0.262. The molecule has 0 saturated carbocycles. The molecule has 1 heterocycles. The van der Waals surface area contributed by atoms with Crippen LogP contribution in [0.4, 0.5) is 5.69 Å². The zero-order valence-electron chi connectivity index (χ0n) is 21.3. The van der Waals surface area contributed by atoms with E-state index in [1.165, 1.54) is 21.9 Å². The summed E-state index contributed by atoms with van der Waals surface area (Å²) in [5, 5.41) is 16.9. The third kappa shape index (κ3) is 6.62.